The lowest BCUT2D eigenvalue weighted by Crippen LogP contribution is -2.54. The molecule has 0 spiro atoms. The number of aryl methyl sites for hydroxylation is 1. The first-order valence-electron chi connectivity index (χ1n) is 12.4. The molecule has 0 radical (unpaired) electrons. The highest BCUT2D eigenvalue weighted by atomic mass is 32.1. The second-order valence-corrected chi connectivity index (χ2v) is 10.6. The fourth-order valence-electron chi connectivity index (χ4n) is 3.89. The van der Waals surface area contributed by atoms with Gasteiger partial charge in [0.05, 0.1) is 13.0 Å². The maximum atomic E-state index is 13.8. The van der Waals surface area contributed by atoms with Crippen LogP contribution in [0.4, 0.5) is 4.79 Å². The van der Waals surface area contributed by atoms with Crippen molar-refractivity contribution < 1.29 is 33.8 Å². The van der Waals surface area contributed by atoms with Gasteiger partial charge < -0.3 is 30.1 Å². The first-order chi connectivity index (χ1) is 17.3. The summed E-state index contributed by atoms with van der Waals surface area (Å²) in [7, 11) is 0. The molecule has 11 heteroatoms. The number of phenols is 1. The average Bonchev–Trinajstić information content (AvgIpc) is 3.51. The van der Waals surface area contributed by atoms with Gasteiger partial charge >= 0.3 is 12.1 Å². The number of nitrogens with one attached hydrogen (secondary N) is 2. The van der Waals surface area contributed by atoms with E-state index >= 15 is 0 Å². The Morgan fingerprint density at radius 1 is 1.24 bits per heavy atom. The topological polar surface area (TPSA) is 134 Å². The first-order valence-corrected chi connectivity index (χ1v) is 13.1. The zero-order chi connectivity index (χ0) is 27.9. The normalized spacial score (nSPS) is 18.2. The monoisotopic (exact) mass is 537 g/mol. The Morgan fingerprint density at radius 3 is 2.41 bits per heavy atom. The van der Waals surface area contributed by atoms with Crippen molar-refractivity contribution in [2.75, 3.05) is 18.9 Å². The number of ether oxygens (including phenoxy) is 2. The molecule has 4 unspecified atom stereocenters. The van der Waals surface area contributed by atoms with Gasteiger partial charge in [0.25, 0.3) is 0 Å². The maximum Gasteiger partial charge on any atom is 0.408 e. The lowest BCUT2D eigenvalue weighted by atomic mass is 10.00. The highest BCUT2D eigenvalue weighted by molar-refractivity contribution is 7.80. The molecule has 1 aromatic rings. The molecular weight excluding hydrogens is 498 g/mol. The number of benzene rings is 1. The molecule has 0 aliphatic heterocycles. The Morgan fingerprint density at radius 2 is 1.89 bits per heavy atom. The Hall–Kier alpha value is -2.95. The standard InChI is InChI=1S/C26H39N3O7S/c1-7-35-21(31)10-11-27-23(32)22(17-8-9-20(30)16(3)12-17)29(19-13-15(19)2)24(33)18(14-37)28-25(34)36-26(4,5)6/h8-9,12,15,18-19,22,30,37H,7,10-11,13-14H2,1-6H3,(H,27,32)(H,28,34). The van der Waals surface area contributed by atoms with Crippen LogP contribution in [0.3, 0.4) is 0 Å². The molecular formula is C26H39N3O7S. The molecule has 1 aliphatic carbocycles. The van der Waals surface area contributed by atoms with Crippen LogP contribution >= 0.6 is 12.6 Å². The van der Waals surface area contributed by atoms with Crippen molar-refractivity contribution in [2.45, 2.75) is 78.1 Å². The maximum absolute atomic E-state index is 13.8. The van der Waals surface area contributed by atoms with Crippen LogP contribution in [0.5, 0.6) is 5.75 Å². The SMILES string of the molecule is CCOC(=O)CCNC(=O)C(c1ccc(O)c(C)c1)N(C(=O)C(CS)NC(=O)OC(C)(C)C)C1CC1C. The highest BCUT2D eigenvalue weighted by Gasteiger charge is 2.48. The Kier molecular flexibility index (Phi) is 10.7. The van der Waals surface area contributed by atoms with Gasteiger partial charge in [-0.05, 0) is 70.2 Å². The molecule has 2 rings (SSSR count). The molecule has 10 nitrogen and oxygen atoms in total. The Bertz CT molecular complexity index is 995. The number of phenolic OH excluding ortho intramolecular Hbond substituents is 1. The molecule has 1 aliphatic rings. The van der Waals surface area contributed by atoms with Gasteiger partial charge in [-0.25, -0.2) is 4.79 Å². The first kappa shape index (κ1) is 30.3. The van der Waals surface area contributed by atoms with Crippen molar-refractivity contribution in [1.82, 2.24) is 15.5 Å². The van der Waals surface area contributed by atoms with Crippen molar-refractivity contribution in [3.8, 4) is 5.75 Å². The van der Waals surface area contributed by atoms with E-state index in [0.29, 0.717) is 17.5 Å². The van der Waals surface area contributed by atoms with E-state index in [0.717, 1.165) is 0 Å². The summed E-state index contributed by atoms with van der Waals surface area (Å²) >= 11 is 4.28. The largest absolute Gasteiger partial charge is 0.508 e. The lowest BCUT2D eigenvalue weighted by Gasteiger charge is -2.35. The number of thiol groups is 1. The molecule has 4 atom stereocenters. The van der Waals surface area contributed by atoms with Crippen molar-refractivity contribution in [3.05, 3.63) is 29.3 Å². The van der Waals surface area contributed by atoms with Crippen LogP contribution in [0.25, 0.3) is 0 Å². The summed E-state index contributed by atoms with van der Waals surface area (Å²) in [4.78, 5) is 53.0. The van der Waals surface area contributed by atoms with Gasteiger partial charge in [-0.2, -0.15) is 12.6 Å². The number of carbonyl (C=O) groups excluding carboxylic acids is 4. The van der Waals surface area contributed by atoms with E-state index in [1.54, 1.807) is 46.8 Å². The van der Waals surface area contributed by atoms with E-state index in [2.05, 4.69) is 23.3 Å². The molecule has 206 valence electrons. The quantitative estimate of drug-likeness (QED) is 0.252. The van der Waals surface area contributed by atoms with Crippen LogP contribution in [-0.4, -0.2) is 70.5 Å². The Labute approximate surface area is 223 Å². The second kappa shape index (κ2) is 13.0. The molecule has 1 aromatic carbocycles. The third kappa shape index (κ3) is 8.84. The molecule has 1 saturated carbocycles. The summed E-state index contributed by atoms with van der Waals surface area (Å²) in [5.41, 5.74) is 0.270. The predicted molar refractivity (Wildman–Crippen MR) is 141 cm³/mol. The number of nitrogens with zero attached hydrogens (tertiary/aromatic N) is 1. The lowest BCUT2D eigenvalue weighted by molar-refractivity contribution is -0.144. The number of amides is 3. The smallest absolute Gasteiger partial charge is 0.408 e. The van der Waals surface area contributed by atoms with Gasteiger partial charge in [-0.1, -0.05) is 13.0 Å². The summed E-state index contributed by atoms with van der Waals surface area (Å²) in [5.74, 6) is -1.23. The van der Waals surface area contributed by atoms with Crippen LogP contribution in [0.15, 0.2) is 18.2 Å². The number of alkyl carbamates (subject to hydrolysis) is 1. The van der Waals surface area contributed by atoms with E-state index in [4.69, 9.17) is 9.47 Å². The van der Waals surface area contributed by atoms with Crippen molar-refractivity contribution in [3.63, 3.8) is 0 Å². The number of hydrogen-bond acceptors (Lipinski definition) is 8. The average molecular weight is 538 g/mol. The van der Waals surface area contributed by atoms with Crippen LogP contribution in [0.1, 0.15) is 64.6 Å². The fraction of sp³-hybridized carbons (Fsp3) is 0.615. The van der Waals surface area contributed by atoms with Crippen LogP contribution in [0, 0.1) is 12.8 Å². The Balaban J connectivity index is 2.39. The molecule has 3 amide bonds. The predicted octanol–water partition coefficient (Wildman–Crippen LogP) is 2.87. The van der Waals surface area contributed by atoms with Gasteiger partial charge in [-0.3, -0.25) is 14.4 Å². The van der Waals surface area contributed by atoms with Crippen molar-refractivity contribution in [1.29, 1.82) is 0 Å². The molecule has 3 N–H and O–H groups in total. The van der Waals surface area contributed by atoms with E-state index in [-0.39, 0.29) is 43.0 Å². The molecule has 1 fully saturated rings. The molecule has 0 aromatic heterocycles. The van der Waals surface area contributed by atoms with Crippen LogP contribution in [-0.2, 0) is 23.9 Å². The van der Waals surface area contributed by atoms with E-state index in [9.17, 15) is 24.3 Å². The van der Waals surface area contributed by atoms with E-state index in [1.807, 2.05) is 6.92 Å². The molecule has 0 bridgehead atoms. The second-order valence-electron chi connectivity index (χ2n) is 10.2. The number of hydrogen-bond donors (Lipinski definition) is 4. The summed E-state index contributed by atoms with van der Waals surface area (Å²) in [6.07, 6.45) is -0.102. The molecule has 37 heavy (non-hydrogen) atoms. The number of rotatable bonds is 11. The summed E-state index contributed by atoms with van der Waals surface area (Å²) in [5, 5.41) is 15.4. The molecule has 0 saturated heterocycles. The van der Waals surface area contributed by atoms with Crippen LogP contribution in [0.2, 0.25) is 0 Å². The minimum atomic E-state index is -1.06. The van der Waals surface area contributed by atoms with Crippen molar-refractivity contribution >= 4 is 36.5 Å². The minimum Gasteiger partial charge on any atom is -0.508 e. The third-order valence-corrected chi connectivity index (χ3v) is 6.21. The van der Waals surface area contributed by atoms with E-state index < -0.39 is 41.6 Å². The fourth-order valence-corrected chi connectivity index (χ4v) is 4.14. The number of aromatic hydroxyl groups is 1. The van der Waals surface area contributed by atoms with Gasteiger partial charge in [0, 0.05) is 18.3 Å². The zero-order valence-corrected chi connectivity index (χ0v) is 23.3. The van der Waals surface area contributed by atoms with Crippen molar-refractivity contribution in [2.24, 2.45) is 5.92 Å². The van der Waals surface area contributed by atoms with Crippen LogP contribution < -0.4 is 10.6 Å². The number of carbonyl (C=O) groups is 4. The van der Waals surface area contributed by atoms with Gasteiger partial charge in [0.15, 0.2) is 0 Å². The van der Waals surface area contributed by atoms with E-state index in [1.165, 1.54) is 11.0 Å². The third-order valence-electron chi connectivity index (χ3n) is 5.85. The van der Waals surface area contributed by atoms with Gasteiger partial charge in [-0.15, -0.1) is 0 Å². The highest BCUT2D eigenvalue weighted by Crippen LogP contribution is 2.41. The molecule has 0 heterocycles. The summed E-state index contributed by atoms with van der Waals surface area (Å²) in [6.45, 7) is 10.8. The zero-order valence-electron chi connectivity index (χ0n) is 22.4. The number of esters is 1. The summed E-state index contributed by atoms with van der Waals surface area (Å²) < 4.78 is 10.2. The minimum absolute atomic E-state index is 0.0124. The van der Waals surface area contributed by atoms with Gasteiger partial charge in [0.1, 0.15) is 23.4 Å². The van der Waals surface area contributed by atoms with Gasteiger partial charge in [0.2, 0.25) is 11.8 Å². The summed E-state index contributed by atoms with van der Waals surface area (Å²) in [6, 6.07) is 2.35.